The molecule has 4 rings (SSSR count). The molecule has 3 aromatic rings. The SMILES string of the molecule is Cc1ccc(-c2nnc(CCC(=O)Nc3cccc(C(=O)N4CCCC4)c3)o2)cc1. The van der Waals surface area contributed by atoms with Crippen LogP contribution in [0.15, 0.2) is 52.9 Å². The van der Waals surface area contributed by atoms with Gasteiger partial charge in [0.2, 0.25) is 17.7 Å². The van der Waals surface area contributed by atoms with E-state index >= 15 is 0 Å². The number of anilines is 1. The number of benzene rings is 2. The van der Waals surface area contributed by atoms with Crippen molar-refractivity contribution in [3.8, 4) is 11.5 Å². The number of nitrogens with one attached hydrogen (secondary N) is 1. The molecule has 0 radical (unpaired) electrons. The topological polar surface area (TPSA) is 88.3 Å². The molecule has 1 N–H and O–H groups in total. The first-order valence-electron chi connectivity index (χ1n) is 10.2. The molecule has 0 bridgehead atoms. The number of amides is 2. The van der Waals surface area contributed by atoms with Crippen LogP contribution < -0.4 is 5.32 Å². The average molecular weight is 404 g/mol. The van der Waals surface area contributed by atoms with E-state index in [0.29, 0.717) is 29.5 Å². The van der Waals surface area contributed by atoms with Crippen molar-refractivity contribution in [2.45, 2.75) is 32.6 Å². The molecule has 1 fully saturated rings. The molecular formula is C23H24N4O3. The van der Waals surface area contributed by atoms with E-state index in [2.05, 4.69) is 15.5 Å². The zero-order chi connectivity index (χ0) is 20.9. The lowest BCUT2D eigenvalue weighted by Gasteiger charge is -2.15. The highest BCUT2D eigenvalue weighted by Gasteiger charge is 2.19. The lowest BCUT2D eigenvalue weighted by molar-refractivity contribution is -0.116. The van der Waals surface area contributed by atoms with Gasteiger partial charge < -0.3 is 14.6 Å². The minimum Gasteiger partial charge on any atom is -0.421 e. The summed E-state index contributed by atoms with van der Waals surface area (Å²) < 4.78 is 5.67. The second kappa shape index (κ2) is 8.90. The minimum atomic E-state index is -0.171. The fourth-order valence-electron chi connectivity index (χ4n) is 3.44. The first kappa shape index (κ1) is 19.8. The Balaban J connectivity index is 1.32. The third kappa shape index (κ3) is 4.74. The summed E-state index contributed by atoms with van der Waals surface area (Å²) in [5.74, 6) is 0.700. The van der Waals surface area contributed by atoms with Gasteiger partial charge in [0.15, 0.2) is 0 Å². The molecular weight excluding hydrogens is 380 g/mol. The monoisotopic (exact) mass is 404 g/mol. The molecule has 0 aliphatic carbocycles. The van der Waals surface area contributed by atoms with Gasteiger partial charge in [0, 0.05) is 42.7 Å². The first-order valence-corrected chi connectivity index (χ1v) is 10.2. The largest absolute Gasteiger partial charge is 0.421 e. The maximum Gasteiger partial charge on any atom is 0.253 e. The molecule has 1 saturated heterocycles. The Bertz CT molecular complexity index is 1040. The molecule has 0 atom stereocenters. The van der Waals surface area contributed by atoms with Crippen molar-refractivity contribution in [2.24, 2.45) is 0 Å². The van der Waals surface area contributed by atoms with Crippen LogP contribution in [0.2, 0.25) is 0 Å². The Morgan fingerprint density at radius 3 is 2.60 bits per heavy atom. The molecule has 2 aromatic carbocycles. The molecule has 2 heterocycles. The van der Waals surface area contributed by atoms with E-state index < -0.39 is 0 Å². The van der Waals surface area contributed by atoms with E-state index in [4.69, 9.17) is 4.42 Å². The van der Waals surface area contributed by atoms with E-state index in [9.17, 15) is 9.59 Å². The molecule has 1 aromatic heterocycles. The second-order valence-electron chi connectivity index (χ2n) is 7.50. The molecule has 0 spiro atoms. The number of aromatic nitrogens is 2. The predicted octanol–water partition coefficient (Wildman–Crippen LogP) is 3.85. The van der Waals surface area contributed by atoms with E-state index in [1.165, 1.54) is 0 Å². The number of carbonyl (C=O) groups excluding carboxylic acids is 2. The molecule has 2 amide bonds. The van der Waals surface area contributed by atoms with Crippen molar-refractivity contribution in [2.75, 3.05) is 18.4 Å². The van der Waals surface area contributed by atoms with Gasteiger partial charge in [0.1, 0.15) is 0 Å². The van der Waals surface area contributed by atoms with Crippen molar-refractivity contribution in [3.63, 3.8) is 0 Å². The van der Waals surface area contributed by atoms with Crippen LogP contribution >= 0.6 is 0 Å². The standard InChI is InChI=1S/C23H24N4O3/c1-16-7-9-17(10-8-16)22-26-25-21(30-22)12-11-20(28)24-19-6-4-5-18(15-19)23(29)27-13-2-3-14-27/h4-10,15H,2-3,11-14H2,1H3,(H,24,28). The number of hydrogen-bond acceptors (Lipinski definition) is 5. The lowest BCUT2D eigenvalue weighted by atomic mass is 10.1. The van der Waals surface area contributed by atoms with Crippen molar-refractivity contribution in [1.82, 2.24) is 15.1 Å². The number of rotatable bonds is 6. The van der Waals surface area contributed by atoms with Gasteiger partial charge in [-0.1, -0.05) is 23.8 Å². The first-order chi connectivity index (χ1) is 14.6. The predicted molar refractivity (Wildman–Crippen MR) is 113 cm³/mol. The lowest BCUT2D eigenvalue weighted by Crippen LogP contribution is -2.27. The quantitative estimate of drug-likeness (QED) is 0.674. The van der Waals surface area contributed by atoms with Gasteiger partial charge in [-0.3, -0.25) is 9.59 Å². The number of carbonyl (C=O) groups is 2. The summed E-state index contributed by atoms with van der Waals surface area (Å²) in [5.41, 5.74) is 3.20. The third-order valence-electron chi connectivity index (χ3n) is 5.12. The van der Waals surface area contributed by atoms with Crippen molar-refractivity contribution in [1.29, 1.82) is 0 Å². The van der Waals surface area contributed by atoms with Crippen molar-refractivity contribution < 1.29 is 14.0 Å². The van der Waals surface area contributed by atoms with Gasteiger partial charge in [-0.05, 0) is 50.1 Å². The van der Waals surface area contributed by atoms with E-state index in [1.807, 2.05) is 36.1 Å². The van der Waals surface area contributed by atoms with Crippen LogP contribution in [0.1, 0.15) is 41.1 Å². The van der Waals surface area contributed by atoms with Gasteiger partial charge in [0.05, 0.1) is 0 Å². The minimum absolute atomic E-state index is 0.0121. The van der Waals surface area contributed by atoms with Crippen molar-refractivity contribution in [3.05, 3.63) is 65.5 Å². The molecule has 7 heteroatoms. The van der Waals surface area contributed by atoms with Crippen LogP contribution in [0.3, 0.4) is 0 Å². The normalized spacial score (nSPS) is 13.4. The van der Waals surface area contributed by atoms with E-state index in [1.54, 1.807) is 24.3 Å². The third-order valence-corrected chi connectivity index (χ3v) is 5.12. The molecule has 1 aliphatic rings. The Labute approximate surface area is 175 Å². The highest BCUT2D eigenvalue weighted by atomic mass is 16.4. The number of hydrogen-bond donors (Lipinski definition) is 1. The summed E-state index contributed by atoms with van der Waals surface area (Å²) in [7, 11) is 0. The smallest absolute Gasteiger partial charge is 0.253 e. The summed E-state index contributed by atoms with van der Waals surface area (Å²) in [4.78, 5) is 26.7. The van der Waals surface area contributed by atoms with Gasteiger partial charge in [-0.25, -0.2) is 0 Å². The Morgan fingerprint density at radius 1 is 1.07 bits per heavy atom. The Morgan fingerprint density at radius 2 is 1.83 bits per heavy atom. The molecule has 154 valence electrons. The fourth-order valence-corrected chi connectivity index (χ4v) is 3.44. The summed E-state index contributed by atoms with van der Waals surface area (Å²) in [6.45, 7) is 3.61. The van der Waals surface area contributed by atoms with E-state index in [0.717, 1.165) is 37.1 Å². The molecule has 7 nitrogen and oxygen atoms in total. The van der Waals surface area contributed by atoms with Gasteiger partial charge in [-0.15, -0.1) is 10.2 Å². The Hall–Kier alpha value is -3.48. The number of nitrogens with zero attached hydrogens (tertiary/aromatic N) is 3. The van der Waals surface area contributed by atoms with Crippen LogP contribution in [0, 0.1) is 6.92 Å². The molecule has 30 heavy (non-hydrogen) atoms. The summed E-state index contributed by atoms with van der Waals surface area (Å²) in [6.07, 6.45) is 2.64. The number of likely N-dealkylation sites (tertiary alicyclic amines) is 1. The van der Waals surface area contributed by atoms with Crippen LogP contribution in [0.25, 0.3) is 11.5 Å². The molecule has 0 unspecified atom stereocenters. The fraction of sp³-hybridized carbons (Fsp3) is 0.304. The van der Waals surface area contributed by atoms with Gasteiger partial charge >= 0.3 is 0 Å². The van der Waals surface area contributed by atoms with Crippen LogP contribution in [-0.2, 0) is 11.2 Å². The van der Waals surface area contributed by atoms with Crippen LogP contribution in [0.4, 0.5) is 5.69 Å². The van der Waals surface area contributed by atoms with Crippen LogP contribution in [0.5, 0.6) is 0 Å². The highest BCUT2D eigenvalue weighted by molar-refractivity contribution is 5.97. The second-order valence-corrected chi connectivity index (χ2v) is 7.50. The van der Waals surface area contributed by atoms with Gasteiger partial charge in [0.25, 0.3) is 5.91 Å². The number of aryl methyl sites for hydroxylation is 2. The van der Waals surface area contributed by atoms with Gasteiger partial charge in [-0.2, -0.15) is 0 Å². The highest BCUT2D eigenvalue weighted by Crippen LogP contribution is 2.19. The zero-order valence-corrected chi connectivity index (χ0v) is 16.9. The summed E-state index contributed by atoms with van der Waals surface area (Å²) in [5, 5.41) is 10.9. The summed E-state index contributed by atoms with van der Waals surface area (Å²) >= 11 is 0. The van der Waals surface area contributed by atoms with Crippen molar-refractivity contribution >= 4 is 17.5 Å². The average Bonchev–Trinajstić information content (AvgIpc) is 3.45. The maximum atomic E-state index is 12.5. The zero-order valence-electron chi connectivity index (χ0n) is 16.9. The Kier molecular flexibility index (Phi) is 5.88. The molecule has 1 aliphatic heterocycles. The maximum absolute atomic E-state index is 12.5. The van der Waals surface area contributed by atoms with E-state index in [-0.39, 0.29) is 18.2 Å². The summed E-state index contributed by atoms with van der Waals surface area (Å²) in [6, 6.07) is 14.9. The molecule has 0 saturated carbocycles. The van der Waals surface area contributed by atoms with Crippen LogP contribution in [-0.4, -0.2) is 40.0 Å².